The predicted molar refractivity (Wildman–Crippen MR) is 73.9 cm³/mol. The zero-order chi connectivity index (χ0) is 13.9. The number of carbonyl (C=O) groups excluding carboxylic acids is 1. The van der Waals surface area contributed by atoms with Gasteiger partial charge in [-0.15, -0.1) is 0 Å². The van der Waals surface area contributed by atoms with Crippen LogP contribution in [0.1, 0.15) is 38.8 Å². The molecule has 0 saturated carbocycles. The van der Waals surface area contributed by atoms with Crippen LogP contribution in [-0.4, -0.2) is 17.6 Å². The highest BCUT2D eigenvalue weighted by atomic mass is 16.5. The highest BCUT2D eigenvalue weighted by Crippen LogP contribution is 2.20. The number of ether oxygens (including phenoxy) is 1. The summed E-state index contributed by atoms with van der Waals surface area (Å²) in [7, 11) is 0. The van der Waals surface area contributed by atoms with E-state index in [9.17, 15) is 4.79 Å². The Balaban J connectivity index is 2.69. The van der Waals surface area contributed by atoms with Gasteiger partial charge in [0.15, 0.2) is 6.10 Å². The van der Waals surface area contributed by atoms with Crippen LogP contribution in [0.15, 0.2) is 18.2 Å². The molecule has 0 radical (unpaired) electrons. The van der Waals surface area contributed by atoms with Gasteiger partial charge >= 0.3 is 0 Å². The Morgan fingerprint density at radius 3 is 2.39 bits per heavy atom. The summed E-state index contributed by atoms with van der Waals surface area (Å²) in [5, 5.41) is 2.91. The van der Waals surface area contributed by atoms with E-state index < -0.39 is 6.10 Å². The quantitative estimate of drug-likeness (QED) is 0.894. The van der Waals surface area contributed by atoms with E-state index in [4.69, 9.17) is 4.74 Å². The molecule has 0 fully saturated rings. The van der Waals surface area contributed by atoms with Gasteiger partial charge in [-0.05, 0) is 53.2 Å². The van der Waals surface area contributed by atoms with E-state index in [1.807, 2.05) is 52.8 Å². The van der Waals surface area contributed by atoms with Crippen molar-refractivity contribution < 1.29 is 9.53 Å². The first-order chi connectivity index (χ1) is 8.19. The molecule has 0 heterocycles. The largest absolute Gasteiger partial charge is 0.481 e. The molecule has 1 amide bonds. The molecule has 0 spiro atoms. The molecule has 100 valence electrons. The number of hydrogen-bond acceptors (Lipinski definition) is 2. The lowest BCUT2D eigenvalue weighted by atomic mass is 10.1. The van der Waals surface area contributed by atoms with Gasteiger partial charge in [-0.3, -0.25) is 4.79 Å². The Hall–Kier alpha value is -1.51. The number of hydrogen-bond donors (Lipinski definition) is 1. The van der Waals surface area contributed by atoms with Crippen molar-refractivity contribution in [3.8, 4) is 5.75 Å². The van der Waals surface area contributed by atoms with Crippen LogP contribution in [0.4, 0.5) is 0 Å². The predicted octanol–water partition coefficient (Wildman–Crippen LogP) is 2.99. The van der Waals surface area contributed by atoms with Gasteiger partial charge in [-0.2, -0.15) is 0 Å². The minimum Gasteiger partial charge on any atom is -0.481 e. The van der Waals surface area contributed by atoms with Crippen LogP contribution in [0.2, 0.25) is 0 Å². The lowest BCUT2D eigenvalue weighted by molar-refractivity contribution is -0.128. The van der Waals surface area contributed by atoms with Crippen molar-refractivity contribution in [1.29, 1.82) is 0 Å². The van der Waals surface area contributed by atoms with Crippen LogP contribution in [0.25, 0.3) is 0 Å². The van der Waals surface area contributed by atoms with Crippen molar-refractivity contribution in [2.24, 2.45) is 0 Å². The number of carbonyl (C=O) groups is 1. The minimum atomic E-state index is -0.495. The maximum absolute atomic E-state index is 11.9. The Bertz CT molecular complexity index is 433. The maximum atomic E-state index is 11.9. The molecule has 1 aromatic rings. The molecule has 1 unspecified atom stereocenters. The number of benzene rings is 1. The molecule has 1 N–H and O–H groups in total. The molecule has 3 nitrogen and oxygen atoms in total. The number of rotatable bonds is 3. The molecular formula is C15H23NO2. The second-order valence-corrected chi connectivity index (χ2v) is 5.77. The molecule has 0 saturated heterocycles. The van der Waals surface area contributed by atoms with Crippen molar-refractivity contribution in [3.05, 3.63) is 29.3 Å². The van der Waals surface area contributed by atoms with E-state index in [1.54, 1.807) is 6.92 Å². The second-order valence-electron chi connectivity index (χ2n) is 5.77. The maximum Gasteiger partial charge on any atom is 0.261 e. The van der Waals surface area contributed by atoms with E-state index >= 15 is 0 Å². The Kier molecular flexibility index (Phi) is 4.38. The SMILES string of the molecule is Cc1ccc(OC(C)C(=O)NC(C)(C)C)c(C)c1. The first kappa shape index (κ1) is 14.6. The summed E-state index contributed by atoms with van der Waals surface area (Å²) in [5.41, 5.74) is 1.99. The normalized spacial score (nSPS) is 13.0. The lowest BCUT2D eigenvalue weighted by Gasteiger charge is -2.24. The summed E-state index contributed by atoms with van der Waals surface area (Å²) >= 11 is 0. The van der Waals surface area contributed by atoms with Crippen molar-refractivity contribution in [2.75, 3.05) is 0 Å². The van der Waals surface area contributed by atoms with E-state index in [1.165, 1.54) is 5.56 Å². The van der Waals surface area contributed by atoms with Crippen LogP contribution in [0.5, 0.6) is 5.75 Å². The highest BCUT2D eigenvalue weighted by molar-refractivity contribution is 5.81. The number of nitrogens with one attached hydrogen (secondary N) is 1. The second kappa shape index (κ2) is 5.42. The smallest absolute Gasteiger partial charge is 0.261 e. The summed E-state index contributed by atoms with van der Waals surface area (Å²) in [4.78, 5) is 11.9. The average Bonchev–Trinajstić information content (AvgIpc) is 2.19. The van der Waals surface area contributed by atoms with Gasteiger partial charge in [-0.25, -0.2) is 0 Å². The van der Waals surface area contributed by atoms with Crippen LogP contribution >= 0.6 is 0 Å². The number of amides is 1. The zero-order valence-electron chi connectivity index (χ0n) is 12.1. The molecule has 0 aliphatic carbocycles. The summed E-state index contributed by atoms with van der Waals surface area (Å²) < 4.78 is 5.70. The first-order valence-corrected chi connectivity index (χ1v) is 6.25. The minimum absolute atomic E-state index is 0.0949. The van der Waals surface area contributed by atoms with E-state index in [2.05, 4.69) is 5.32 Å². The van der Waals surface area contributed by atoms with Crippen LogP contribution < -0.4 is 10.1 Å². The van der Waals surface area contributed by atoms with Crippen molar-refractivity contribution >= 4 is 5.91 Å². The van der Waals surface area contributed by atoms with Gasteiger partial charge < -0.3 is 10.1 Å². The van der Waals surface area contributed by atoms with Gasteiger partial charge in [-0.1, -0.05) is 17.7 Å². The van der Waals surface area contributed by atoms with Gasteiger partial charge in [0.1, 0.15) is 5.75 Å². The average molecular weight is 249 g/mol. The summed E-state index contributed by atoms with van der Waals surface area (Å²) in [5.74, 6) is 0.666. The fraction of sp³-hybridized carbons (Fsp3) is 0.533. The molecular weight excluding hydrogens is 226 g/mol. The van der Waals surface area contributed by atoms with E-state index in [0.717, 1.165) is 11.3 Å². The van der Waals surface area contributed by atoms with Crippen LogP contribution in [0.3, 0.4) is 0 Å². The van der Waals surface area contributed by atoms with Crippen molar-refractivity contribution in [3.63, 3.8) is 0 Å². The van der Waals surface area contributed by atoms with Gasteiger partial charge in [0.2, 0.25) is 0 Å². The number of aryl methyl sites for hydroxylation is 2. The Labute approximate surface area is 110 Å². The molecule has 1 rings (SSSR count). The van der Waals surface area contributed by atoms with E-state index in [0.29, 0.717) is 0 Å². The lowest BCUT2D eigenvalue weighted by Crippen LogP contribution is -2.46. The molecule has 18 heavy (non-hydrogen) atoms. The fourth-order valence-corrected chi connectivity index (χ4v) is 1.65. The highest BCUT2D eigenvalue weighted by Gasteiger charge is 2.20. The summed E-state index contributed by atoms with van der Waals surface area (Å²) in [6.07, 6.45) is -0.495. The molecule has 0 aliphatic heterocycles. The Morgan fingerprint density at radius 2 is 1.89 bits per heavy atom. The standard InChI is InChI=1S/C15H23NO2/c1-10-7-8-13(11(2)9-10)18-12(3)14(17)16-15(4,5)6/h7-9,12H,1-6H3,(H,16,17). The third-order valence-corrected chi connectivity index (χ3v) is 2.50. The molecule has 0 aliphatic rings. The summed E-state index contributed by atoms with van der Waals surface area (Å²) in [6.45, 7) is 11.6. The summed E-state index contributed by atoms with van der Waals surface area (Å²) in [6, 6.07) is 5.94. The Morgan fingerprint density at radius 1 is 1.28 bits per heavy atom. The van der Waals surface area contributed by atoms with Gasteiger partial charge in [0.05, 0.1) is 0 Å². The van der Waals surface area contributed by atoms with Gasteiger partial charge in [0.25, 0.3) is 5.91 Å². The van der Waals surface area contributed by atoms with E-state index in [-0.39, 0.29) is 11.4 Å². The van der Waals surface area contributed by atoms with Gasteiger partial charge in [0, 0.05) is 5.54 Å². The third kappa shape index (κ3) is 4.40. The monoisotopic (exact) mass is 249 g/mol. The molecule has 1 aromatic carbocycles. The molecule has 0 bridgehead atoms. The van der Waals surface area contributed by atoms with Crippen LogP contribution in [0, 0.1) is 13.8 Å². The van der Waals surface area contributed by atoms with Crippen molar-refractivity contribution in [2.45, 2.75) is 53.2 Å². The zero-order valence-corrected chi connectivity index (χ0v) is 12.1. The fourth-order valence-electron chi connectivity index (χ4n) is 1.65. The molecule has 0 aromatic heterocycles. The first-order valence-electron chi connectivity index (χ1n) is 6.25. The third-order valence-electron chi connectivity index (χ3n) is 2.50. The molecule has 3 heteroatoms. The van der Waals surface area contributed by atoms with Crippen molar-refractivity contribution in [1.82, 2.24) is 5.32 Å². The topological polar surface area (TPSA) is 38.3 Å². The van der Waals surface area contributed by atoms with Crippen LogP contribution in [-0.2, 0) is 4.79 Å². The molecule has 1 atom stereocenters.